The number of ether oxygens (including phenoxy) is 1. The lowest BCUT2D eigenvalue weighted by Gasteiger charge is -2.26. The van der Waals surface area contributed by atoms with E-state index in [4.69, 9.17) is 4.74 Å². The van der Waals surface area contributed by atoms with E-state index < -0.39 is 10.0 Å². The third-order valence-electron chi connectivity index (χ3n) is 6.43. The average Bonchev–Trinajstić information content (AvgIpc) is 3.33. The van der Waals surface area contributed by atoms with Gasteiger partial charge in [-0.05, 0) is 36.5 Å². The molecule has 0 unspecified atom stereocenters. The van der Waals surface area contributed by atoms with Crippen LogP contribution in [-0.2, 0) is 15.8 Å². The fraction of sp³-hybridized carbons (Fsp3) is 0.522. The van der Waals surface area contributed by atoms with Gasteiger partial charge in [0, 0.05) is 31.9 Å². The van der Waals surface area contributed by atoms with Crippen molar-refractivity contribution in [1.29, 1.82) is 0 Å². The molecule has 1 saturated heterocycles. The lowest BCUT2D eigenvalue weighted by Crippen LogP contribution is -2.46. The van der Waals surface area contributed by atoms with Gasteiger partial charge in [-0.2, -0.15) is 14.3 Å². The average molecular weight is 486 g/mol. The predicted octanol–water partition coefficient (Wildman–Crippen LogP) is 2.79. The number of H-pyrrole nitrogens is 1. The molecule has 3 aromatic rings. The van der Waals surface area contributed by atoms with Crippen molar-refractivity contribution in [2.24, 2.45) is 5.92 Å². The van der Waals surface area contributed by atoms with E-state index in [1.54, 1.807) is 10.6 Å². The quantitative estimate of drug-likeness (QED) is 0.445. The molecule has 2 aliphatic rings. The molecule has 0 radical (unpaired) electrons. The van der Waals surface area contributed by atoms with Crippen molar-refractivity contribution in [3.05, 3.63) is 36.2 Å². The summed E-state index contributed by atoms with van der Waals surface area (Å²) in [5, 5.41) is 6.38. The van der Waals surface area contributed by atoms with Crippen molar-refractivity contribution in [2.45, 2.75) is 37.9 Å². The molecule has 1 saturated carbocycles. The summed E-state index contributed by atoms with van der Waals surface area (Å²) in [4.78, 5) is 16.4. The van der Waals surface area contributed by atoms with Gasteiger partial charge in [0.05, 0.1) is 18.7 Å². The Morgan fingerprint density at radius 3 is 2.76 bits per heavy atom. The Kier molecular flexibility index (Phi) is 6.93. The minimum Gasteiger partial charge on any atom is -0.476 e. The van der Waals surface area contributed by atoms with E-state index in [2.05, 4.69) is 30.6 Å². The maximum Gasteiger partial charge on any atom is 0.245 e. The number of hydrogen-bond acceptors (Lipinski definition) is 8. The number of hydrogen-bond donors (Lipinski definition) is 3. The summed E-state index contributed by atoms with van der Waals surface area (Å²) in [6.45, 7) is 2.99. The highest BCUT2D eigenvalue weighted by Gasteiger charge is 2.24. The van der Waals surface area contributed by atoms with E-state index in [0.717, 1.165) is 0 Å². The SMILES string of the molecule is O=S(=O)(Cc1cccc(Nc2nc(OCC3CCCCC3)c3[nH]cnc3n2)c1)N1CCNCC1. The molecular weight excluding hydrogens is 454 g/mol. The van der Waals surface area contributed by atoms with Gasteiger partial charge in [0.15, 0.2) is 5.65 Å². The number of aromatic nitrogens is 4. The smallest absolute Gasteiger partial charge is 0.245 e. The molecule has 5 rings (SSSR count). The zero-order chi connectivity index (χ0) is 23.4. The highest BCUT2D eigenvalue weighted by Crippen LogP contribution is 2.27. The second-order valence-electron chi connectivity index (χ2n) is 9.00. The summed E-state index contributed by atoms with van der Waals surface area (Å²) in [5.41, 5.74) is 2.62. The van der Waals surface area contributed by atoms with E-state index in [0.29, 0.717) is 72.9 Å². The van der Waals surface area contributed by atoms with Crippen molar-refractivity contribution < 1.29 is 13.2 Å². The molecule has 0 bridgehead atoms. The largest absolute Gasteiger partial charge is 0.476 e. The van der Waals surface area contributed by atoms with E-state index in [9.17, 15) is 8.42 Å². The van der Waals surface area contributed by atoms with E-state index in [-0.39, 0.29) is 5.75 Å². The molecular formula is C23H31N7O3S. The molecule has 11 heteroatoms. The zero-order valence-corrected chi connectivity index (χ0v) is 20.0. The number of sulfonamides is 1. The van der Waals surface area contributed by atoms with Crippen molar-refractivity contribution >= 4 is 32.8 Å². The summed E-state index contributed by atoms with van der Waals surface area (Å²) < 4.78 is 33.3. The van der Waals surface area contributed by atoms with Crippen LogP contribution in [-0.4, -0.2) is 65.4 Å². The van der Waals surface area contributed by atoms with E-state index in [1.165, 1.54) is 32.1 Å². The highest BCUT2D eigenvalue weighted by atomic mass is 32.2. The molecule has 34 heavy (non-hydrogen) atoms. The maximum absolute atomic E-state index is 12.8. The van der Waals surface area contributed by atoms with Crippen LogP contribution >= 0.6 is 0 Å². The van der Waals surface area contributed by atoms with Crippen molar-refractivity contribution in [3.8, 4) is 5.88 Å². The van der Waals surface area contributed by atoms with Gasteiger partial charge in [-0.1, -0.05) is 31.4 Å². The van der Waals surface area contributed by atoms with Crippen LogP contribution in [0.25, 0.3) is 11.2 Å². The fourth-order valence-electron chi connectivity index (χ4n) is 4.61. The van der Waals surface area contributed by atoms with E-state index >= 15 is 0 Å². The number of nitrogens with one attached hydrogen (secondary N) is 3. The molecule has 1 aliphatic carbocycles. The Morgan fingerprint density at radius 1 is 1.12 bits per heavy atom. The molecule has 3 heterocycles. The second kappa shape index (κ2) is 10.2. The summed E-state index contributed by atoms with van der Waals surface area (Å²) in [7, 11) is -3.37. The Hall–Kier alpha value is -2.76. The van der Waals surface area contributed by atoms with Crippen LogP contribution in [0.5, 0.6) is 5.88 Å². The molecule has 0 amide bonds. The lowest BCUT2D eigenvalue weighted by molar-refractivity contribution is 0.205. The van der Waals surface area contributed by atoms with Gasteiger partial charge < -0.3 is 20.4 Å². The molecule has 3 N–H and O–H groups in total. The van der Waals surface area contributed by atoms with Crippen LogP contribution in [0.1, 0.15) is 37.7 Å². The van der Waals surface area contributed by atoms with Crippen LogP contribution in [0.15, 0.2) is 30.6 Å². The number of benzene rings is 1. The minimum absolute atomic E-state index is 0.0441. The van der Waals surface area contributed by atoms with Gasteiger partial charge in [0.25, 0.3) is 0 Å². The molecule has 1 aromatic carbocycles. The summed E-state index contributed by atoms with van der Waals surface area (Å²) >= 11 is 0. The summed E-state index contributed by atoms with van der Waals surface area (Å²) in [5.74, 6) is 1.35. The number of imidazole rings is 1. The highest BCUT2D eigenvalue weighted by molar-refractivity contribution is 7.88. The maximum atomic E-state index is 12.8. The fourth-order valence-corrected chi connectivity index (χ4v) is 6.13. The van der Waals surface area contributed by atoms with Gasteiger partial charge in [-0.25, -0.2) is 13.4 Å². The van der Waals surface area contributed by atoms with Gasteiger partial charge in [0.1, 0.15) is 5.52 Å². The van der Waals surface area contributed by atoms with Crippen LogP contribution in [0, 0.1) is 5.92 Å². The first-order valence-corrected chi connectivity index (χ1v) is 13.6. The summed E-state index contributed by atoms with van der Waals surface area (Å²) in [6.07, 6.45) is 7.77. The summed E-state index contributed by atoms with van der Waals surface area (Å²) in [6, 6.07) is 7.34. The number of nitrogens with zero attached hydrogens (tertiary/aromatic N) is 4. The molecule has 2 aromatic heterocycles. The predicted molar refractivity (Wildman–Crippen MR) is 131 cm³/mol. The lowest BCUT2D eigenvalue weighted by atomic mass is 9.90. The third kappa shape index (κ3) is 5.48. The number of anilines is 2. The van der Waals surface area contributed by atoms with Gasteiger partial charge in [-0.15, -0.1) is 0 Å². The van der Waals surface area contributed by atoms with Gasteiger partial charge in [0.2, 0.25) is 21.9 Å². The molecule has 10 nitrogen and oxygen atoms in total. The van der Waals surface area contributed by atoms with Crippen LogP contribution in [0.3, 0.4) is 0 Å². The Labute approximate surface area is 199 Å². The second-order valence-corrected chi connectivity index (χ2v) is 11.0. The van der Waals surface area contributed by atoms with Crippen LogP contribution < -0.4 is 15.4 Å². The van der Waals surface area contributed by atoms with Gasteiger partial charge in [-0.3, -0.25) is 0 Å². The number of aromatic amines is 1. The first-order valence-electron chi connectivity index (χ1n) is 12.0. The van der Waals surface area contributed by atoms with Crippen molar-refractivity contribution in [3.63, 3.8) is 0 Å². The normalized spacial score (nSPS) is 18.2. The Bertz CT molecular complexity index is 1220. The van der Waals surface area contributed by atoms with E-state index in [1.807, 2.05) is 24.3 Å². The molecule has 0 spiro atoms. The monoisotopic (exact) mass is 485 g/mol. The minimum atomic E-state index is -3.37. The topological polar surface area (TPSA) is 125 Å². The third-order valence-corrected chi connectivity index (χ3v) is 8.28. The Morgan fingerprint density at radius 2 is 1.94 bits per heavy atom. The standard InChI is InChI=1S/C23H31N7O3S/c31-34(32,30-11-9-24-10-12-30)15-18-7-4-8-19(13-18)27-23-28-21-20(25-16-26-21)22(29-23)33-14-17-5-2-1-3-6-17/h4,7-8,13,16-17,24H,1-3,5-6,9-12,14-15H2,(H2,25,26,27,28,29). The number of rotatable bonds is 8. The van der Waals surface area contributed by atoms with Crippen LogP contribution in [0.2, 0.25) is 0 Å². The molecule has 182 valence electrons. The first kappa shape index (κ1) is 23.0. The molecule has 1 aliphatic heterocycles. The molecule has 2 fully saturated rings. The van der Waals surface area contributed by atoms with Crippen molar-refractivity contribution in [1.82, 2.24) is 29.6 Å². The zero-order valence-electron chi connectivity index (χ0n) is 19.2. The van der Waals surface area contributed by atoms with Gasteiger partial charge >= 0.3 is 0 Å². The Balaban J connectivity index is 1.31. The number of piperazine rings is 1. The van der Waals surface area contributed by atoms with Crippen molar-refractivity contribution in [2.75, 3.05) is 38.1 Å². The molecule has 0 atom stereocenters. The van der Waals surface area contributed by atoms with Crippen LogP contribution in [0.4, 0.5) is 11.6 Å². The number of fused-ring (bicyclic) bond motifs is 1. The first-order chi connectivity index (χ1) is 16.6.